The van der Waals surface area contributed by atoms with Crippen LogP contribution in [0.1, 0.15) is 17.0 Å². The third kappa shape index (κ3) is 2.88. The number of hydrogen-bond acceptors (Lipinski definition) is 2. The number of carbonyl (C=O) groups is 1. The summed E-state index contributed by atoms with van der Waals surface area (Å²) in [5.41, 5.74) is 8.11. The van der Waals surface area contributed by atoms with E-state index in [-0.39, 0.29) is 0 Å². The van der Waals surface area contributed by atoms with Gasteiger partial charge in [0.25, 0.3) is 0 Å². The summed E-state index contributed by atoms with van der Waals surface area (Å²) in [7, 11) is 0. The van der Waals surface area contributed by atoms with Gasteiger partial charge in [-0.3, -0.25) is 4.79 Å². The van der Waals surface area contributed by atoms with Gasteiger partial charge in [-0.2, -0.15) is 0 Å². The molecule has 3 heteroatoms. The highest BCUT2D eigenvalue weighted by Crippen LogP contribution is 2.22. The number of carboxylic acids is 1. The number of aliphatic carboxylic acids is 1. The summed E-state index contributed by atoms with van der Waals surface area (Å²) < 4.78 is 0. The van der Waals surface area contributed by atoms with Gasteiger partial charge in [-0.1, -0.05) is 42.5 Å². The molecule has 0 aromatic heterocycles. The maximum absolute atomic E-state index is 11.4. The van der Waals surface area contributed by atoms with Gasteiger partial charge in [0.15, 0.2) is 0 Å². The maximum atomic E-state index is 11.4. The molecule has 0 aliphatic carbocycles. The number of hydrogen-bond donors (Lipinski definition) is 2. The zero-order valence-corrected chi connectivity index (χ0v) is 9.91. The van der Waals surface area contributed by atoms with Crippen LogP contribution in [0.3, 0.4) is 0 Å². The lowest BCUT2D eigenvalue weighted by Gasteiger charge is -2.13. The third-order valence-electron chi connectivity index (χ3n) is 2.89. The Morgan fingerprint density at radius 3 is 2.44 bits per heavy atom. The molecule has 0 saturated heterocycles. The van der Waals surface area contributed by atoms with Crippen LogP contribution in [-0.4, -0.2) is 11.1 Å². The van der Waals surface area contributed by atoms with Crippen LogP contribution >= 0.6 is 0 Å². The zero-order valence-electron chi connectivity index (χ0n) is 9.91. The molecule has 2 aromatic carbocycles. The first-order chi connectivity index (χ1) is 8.66. The fourth-order valence-corrected chi connectivity index (χ4v) is 1.99. The summed E-state index contributed by atoms with van der Waals surface area (Å²) >= 11 is 0. The minimum atomic E-state index is -0.816. The first-order valence-corrected chi connectivity index (χ1v) is 5.79. The summed E-state index contributed by atoms with van der Waals surface area (Å²) in [5, 5.41) is 9.33. The Kier molecular flexibility index (Phi) is 3.63. The molecule has 3 nitrogen and oxygen atoms in total. The molecule has 3 N–H and O–H groups in total. The number of carboxylic acid groups (broad SMARTS) is 1. The number of rotatable bonds is 4. The largest absolute Gasteiger partial charge is 0.481 e. The zero-order chi connectivity index (χ0) is 13.0. The molecule has 0 spiro atoms. The lowest BCUT2D eigenvalue weighted by Crippen LogP contribution is -2.14. The second kappa shape index (κ2) is 5.36. The van der Waals surface area contributed by atoms with Crippen molar-refractivity contribution in [2.75, 3.05) is 5.73 Å². The highest BCUT2D eigenvalue weighted by molar-refractivity contribution is 5.76. The summed E-state index contributed by atoms with van der Waals surface area (Å²) in [5.74, 6) is -1.35. The van der Waals surface area contributed by atoms with Crippen LogP contribution in [0.25, 0.3) is 0 Å². The van der Waals surface area contributed by atoms with Crippen molar-refractivity contribution >= 4 is 11.7 Å². The van der Waals surface area contributed by atoms with Crippen molar-refractivity contribution < 1.29 is 9.90 Å². The van der Waals surface area contributed by atoms with Crippen LogP contribution in [0, 0.1) is 0 Å². The van der Waals surface area contributed by atoms with E-state index in [1.54, 1.807) is 6.07 Å². The molecule has 2 aromatic rings. The monoisotopic (exact) mass is 241 g/mol. The summed E-state index contributed by atoms with van der Waals surface area (Å²) in [6, 6.07) is 16.6. The number of nitrogens with two attached hydrogens (primary N) is 1. The predicted molar refractivity (Wildman–Crippen MR) is 71.4 cm³/mol. The minimum Gasteiger partial charge on any atom is -0.481 e. The second-order valence-corrected chi connectivity index (χ2v) is 4.25. The first kappa shape index (κ1) is 12.2. The molecule has 0 aliphatic heterocycles. The van der Waals surface area contributed by atoms with Gasteiger partial charge >= 0.3 is 5.97 Å². The first-order valence-electron chi connectivity index (χ1n) is 5.79. The van der Waals surface area contributed by atoms with Crippen LogP contribution in [0.5, 0.6) is 0 Å². The average Bonchev–Trinajstić information content (AvgIpc) is 2.37. The van der Waals surface area contributed by atoms with Crippen LogP contribution in [0.4, 0.5) is 5.69 Å². The minimum absolute atomic E-state index is 0.449. The molecule has 0 radical (unpaired) electrons. The topological polar surface area (TPSA) is 63.3 Å². The van der Waals surface area contributed by atoms with Gasteiger partial charge in [-0.15, -0.1) is 0 Å². The van der Waals surface area contributed by atoms with Crippen molar-refractivity contribution in [3.05, 3.63) is 65.7 Å². The fraction of sp³-hybridized carbons (Fsp3) is 0.133. The van der Waals surface area contributed by atoms with Gasteiger partial charge in [0, 0.05) is 5.69 Å². The Labute approximate surface area is 106 Å². The standard InChI is InChI=1S/C15H15NO2/c16-13-8-4-5-11(9-13)10-14(15(17)18)12-6-2-1-3-7-12/h1-9,14H,10,16H2,(H,17,18). The smallest absolute Gasteiger partial charge is 0.311 e. The molecule has 0 fully saturated rings. The van der Waals surface area contributed by atoms with Gasteiger partial charge in [-0.05, 0) is 29.7 Å². The highest BCUT2D eigenvalue weighted by Gasteiger charge is 2.19. The van der Waals surface area contributed by atoms with Gasteiger partial charge in [-0.25, -0.2) is 0 Å². The van der Waals surface area contributed by atoms with E-state index in [0.29, 0.717) is 12.1 Å². The normalized spacial score (nSPS) is 12.0. The van der Waals surface area contributed by atoms with Gasteiger partial charge in [0.05, 0.1) is 5.92 Å². The highest BCUT2D eigenvalue weighted by atomic mass is 16.4. The molecule has 0 bridgehead atoms. The molecule has 2 rings (SSSR count). The second-order valence-electron chi connectivity index (χ2n) is 4.25. The summed E-state index contributed by atoms with van der Waals surface area (Å²) in [6.45, 7) is 0. The SMILES string of the molecule is Nc1cccc(CC(C(=O)O)c2ccccc2)c1. The molecule has 0 heterocycles. The summed E-state index contributed by atoms with van der Waals surface area (Å²) in [4.78, 5) is 11.4. The molecular formula is C15H15NO2. The van der Waals surface area contributed by atoms with Gasteiger partial charge in [0.1, 0.15) is 0 Å². The van der Waals surface area contributed by atoms with E-state index in [4.69, 9.17) is 5.73 Å². The third-order valence-corrected chi connectivity index (χ3v) is 2.89. The lowest BCUT2D eigenvalue weighted by molar-refractivity contribution is -0.138. The molecule has 0 amide bonds. The van der Waals surface area contributed by atoms with E-state index < -0.39 is 11.9 Å². The van der Waals surface area contributed by atoms with E-state index in [2.05, 4.69) is 0 Å². The van der Waals surface area contributed by atoms with E-state index in [1.165, 1.54) is 0 Å². The van der Waals surface area contributed by atoms with Crippen molar-refractivity contribution in [1.29, 1.82) is 0 Å². The molecule has 0 saturated carbocycles. The van der Waals surface area contributed by atoms with Crippen molar-refractivity contribution in [3.63, 3.8) is 0 Å². The molecule has 0 aliphatic rings. The van der Waals surface area contributed by atoms with E-state index >= 15 is 0 Å². The molecule has 1 unspecified atom stereocenters. The Balaban J connectivity index is 2.25. The van der Waals surface area contributed by atoms with Crippen molar-refractivity contribution in [2.45, 2.75) is 12.3 Å². The number of nitrogen functional groups attached to an aromatic ring is 1. The van der Waals surface area contributed by atoms with E-state index in [1.807, 2.05) is 48.5 Å². The maximum Gasteiger partial charge on any atom is 0.311 e. The molecule has 92 valence electrons. The van der Waals surface area contributed by atoms with Gasteiger partial charge < -0.3 is 10.8 Å². The number of anilines is 1. The molecular weight excluding hydrogens is 226 g/mol. The van der Waals surface area contributed by atoms with E-state index in [0.717, 1.165) is 11.1 Å². The van der Waals surface area contributed by atoms with Crippen molar-refractivity contribution in [1.82, 2.24) is 0 Å². The van der Waals surface area contributed by atoms with Crippen LogP contribution < -0.4 is 5.73 Å². The van der Waals surface area contributed by atoms with E-state index in [9.17, 15) is 9.90 Å². The van der Waals surface area contributed by atoms with Crippen LogP contribution in [0.15, 0.2) is 54.6 Å². The molecule has 18 heavy (non-hydrogen) atoms. The average molecular weight is 241 g/mol. The Morgan fingerprint density at radius 1 is 1.11 bits per heavy atom. The Bertz CT molecular complexity index is 537. The van der Waals surface area contributed by atoms with Crippen molar-refractivity contribution in [3.8, 4) is 0 Å². The fourth-order valence-electron chi connectivity index (χ4n) is 1.99. The van der Waals surface area contributed by atoms with Gasteiger partial charge in [0.2, 0.25) is 0 Å². The number of benzene rings is 2. The molecule has 1 atom stereocenters. The Morgan fingerprint density at radius 2 is 1.83 bits per heavy atom. The van der Waals surface area contributed by atoms with Crippen molar-refractivity contribution in [2.24, 2.45) is 0 Å². The quantitative estimate of drug-likeness (QED) is 0.809. The van der Waals surface area contributed by atoms with Crippen LogP contribution in [-0.2, 0) is 11.2 Å². The Hall–Kier alpha value is -2.29. The van der Waals surface area contributed by atoms with Crippen LogP contribution in [0.2, 0.25) is 0 Å². The predicted octanol–water partition coefficient (Wildman–Crippen LogP) is 2.68. The lowest BCUT2D eigenvalue weighted by atomic mass is 9.92. The summed E-state index contributed by atoms with van der Waals surface area (Å²) in [6.07, 6.45) is 0.449.